The summed E-state index contributed by atoms with van der Waals surface area (Å²) in [5.41, 5.74) is 0.664. The maximum Gasteiger partial charge on any atom is 0.273 e. The Hall–Kier alpha value is -1.63. The molecule has 122 valence electrons. The van der Waals surface area contributed by atoms with Gasteiger partial charge in [-0.2, -0.15) is 0 Å². The second-order valence-corrected chi connectivity index (χ2v) is 6.80. The fourth-order valence-electron chi connectivity index (χ4n) is 1.65. The molecule has 1 heterocycles. The van der Waals surface area contributed by atoms with Crippen LogP contribution in [0.2, 0.25) is 10.0 Å². The Balaban J connectivity index is 2.11. The van der Waals surface area contributed by atoms with E-state index in [4.69, 9.17) is 23.2 Å². The molecule has 2 aromatic rings. The average molecular weight is 372 g/mol. The number of anilines is 1. The zero-order valence-electron chi connectivity index (χ0n) is 12.8. The molecule has 0 fully saturated rings. The SMILES string of the molecule is CC(C)N(C)C(=O)c1csc(NC(=O)c2ccc(Cl)c(Cl)c2)n1. The molecule has 0 saturated heterocycles. The molecule has 0 aliphatic heterocycles. The van der Waals surface area contributed by atoms with Crippen LogP contribution in [0.15, 0.2) is 23.6 Å². The highest BCUT2D eigenvalue weighted by Crippen LogP contribution is 2.24. The molecule has 0 saturated carbocycles. The molecule has 0 radical (unpaired) electrons. The second kappa shape index (κ2) is 7.29. The third-order valence-corrected chi connectivity index (χ3v) is 4.72. The summed E-state index contributed by atoms with van der Waals surface area (Å²) in [4.78, 5) is 30.1. The van der Waals surface area contributed by atoms with Gasteiger partial charge in [0.15, 0.2) is 5.13 Å². The Kier molecular flexibility index (Phi) is 5.62. The number of aromatic nitrogens is 1. The lowest BCUT2D eigenvalue weighted by Crippen LogP contribution is -2.33. The largest absolute Gasteiger partial charge is 0.338 e. The van der Waals surface area contributed by atoms with Gasteiger partial charge in [-0.1, -0.05) is 23.2 Å². The molecule has 0 bridgehead atoms. The van der Waals surface area contributed by atoms with Gasteiger partial charge in [-0.15, -0.1) is 11.3 Å². The first-order valence-electron chi connectivity index (χ1n) is 6.78. The van der Waals surface area contributed by atoms with Gasteiger partial charge in [0, 0.05) is 24.0 Å². The standard InChI is InChI=1S/C15H15Cl2N3O2S/c1-8(2)20(3)14(22)12-7-23-15(18-12)19-13(21)9-4-5-10(16)11(17)6-9/h4-8H,1-3H3,(H,18,19,21). The van der Waals surface area contributed by atoms with Crippen LogP contribution in [-0.2, 0) is 0 Å². The summed E-state index contributed by atoms with van der Waals surface area (Å²) in [6.07, 6.45) is 0. The van der Waals surface area contributed by atoms with Gasteiger partial charge in [0.05, 0.1) is 10.0 Å². The highest BCUT2D eigenvalue weighted by molar-refractivity contribution is 7.14. The number of nitrogens with one attached hydrogen (secondary N) is 1. The first kappa shape index (κ1) is 17.7. The van der Waals surface area contributed by atoms with Crippen LogP contribution in [0.1, 0.15) is 34.7 Å². The summed E-state index contributed by atoms with van der Waals surface area (Å²) >= 11 is 12.9. The molecular weight excluding hydrogens is 357 g/mol. The summed E-state index contributed by atoms with van der Waals surface area (Å²) in [7, 11) is 1.71. The molecule has 0 aliphatic rings. The number of amides is 2. The van der Waals surface area contributed by atoms with Crippen LogP contribution in [-0.4, -0.2) is 34.8 Å². The van der Waals surface area contributed by atoms with Gasteiger partial charge >= 0.3 is 0 Å². The fraction of sp³-hybridized carbons (Fsp3) is 0.267. The Labute approximate surface area is 148 Å². The van der Waals surface area contributed by atoms with E-state index in [0.717, 1.165) is 0 Å². The molecule has 1 N–H and O–H groups in total. The third-order valence-electron chi connectivity index (χ3n) is 3.22. The highest BCUT2D eigenvalue weighted by Gasteiger charge is 2.18. The lowest BCUT2D eigenvalue weighted by atomic mass is 10.2. The van der Waals surface area contributed by atoms with E-state index in [-0.39, 0.29) is 17.9 Å². The van der Waals surface area contributed by atoms with Gasteiger partial charge in [-0.05, 0) is 32.0 Å². The number of nitrogens with zero attached hydrogens (tertiary/aromatic N) is 2. The normalized spacial score (nSPS) is 10.7. The number of carbonyl (C=O) groups is 2. The van der Waals surface area contributed by atoms with Crippen molar-refractivity contribution in [3.05, 3.63) is 44.9 Å². The number of rotatable bonds is 4. The fourth-order valence-corrected chi connectivity index (χ4v) is 2.63. The van der Waals surface area contributed by atoms with Crippen molar-refractivity contribution in [1.29, 1.82) is 0 Å². The molecule has 0 atom stereocenters. The predicted molar refractivity (Wildman–Crippen MR) is 93.8 cm³/mol. The summed E-state index contributed by atoms with van der Waals surface area (Å²) < 4.78 is 0. The van der Waals surface area contributed by atoms with Crippen LogP contribution in [0.4, 0.5) is 5.13 Å². The van der Waals surface area contributed by atoms with Crippen molar-refractivity contribution >= 4 is 51.5 Å². The van der Waals surface area contributed by atoms with Crippen molar-refractivity contribution in [3.8, 4) is 0 Å². The van der Waals surface area contributed by atoms with Crippen LogP contribution in [0.5, 0.6) is 0 Å². The first-order valence-corrected chi connectivity index (χ1v) is 8.42. The minimum atomic E-state index is -0.367. The van der Waals surface area contributed by atoms with Gasteiger partial charge in [-0.3, -0.25) is 14.9 Å². The molecule has 0 aliphatic carbocycles. The van der Waals surface area contributed by atoms with Crippen LogP contribution < -0.4 is 5.32 Å². The topological polar surface area (TPSA) is 62.3 Å². The zero-order chi connectivity index (χ0) is 17.1. The Morgan fingerprint density at radius 1 is 1.26 bits per heavy atom. The van der Waals surface area contributed by atoms with Crippen molar-refractivity contribution in [2.75, 3.05) is 12.4 Å². The van der Waals surface area contributed by atoms with Gasteiger partial charge in [0.2, 0.25) is 0 Å². The molecule has 2 rings (SSSR count). The third kappa shape index (κ3) is 4.22. The molecule has 0 unspecified atom stereocenters. The number of hydrogen-bond acceptors (Lipinski definition) is 4. The maximum absolute atomic E-state index is 12.2. The van der Waals surface area contributed by atoms with Crippen molar-refractivity contribution in [2.24, 2.45) is 0 Å². The van der Waals surface area contributed by atoms with E-state index < -0.39 is 0 Å². The molecule has 0 spiro atoms. The molecular formula is C15H15Cl2N3O2S. The molecule has 5 nitrogen and oxygen atoms in total. The molecule has 1 aromatic heterocycles. The van der Waals surface area contributed by atoms with E-state index in [9.17, 15) is 9.59 Å². The van der Waals surface area contributed by atoms with E-state index in [1.807, 2.05) is 13.8 Å². The lowest BCUT2D eigenvalue weighted by Gasteiger charge is -2.19. The lowest BCUT2D eigenvalue weighted by molar-refractivity contribution is 0.0749. The average Bonchev–Trinajstić information content (AvgIpc) is 2.96. The minimum absolute atomic E-state index is 0.0680. The van der Waals surface area contributed by atoms with E-state index in [1.54, 1.807) is 29.5 Å². The molecule has 1 aromatic carbocycles. The Bertz CT molecular complexity index is 746. The van der Waals surface area contributed by atoms with Gasteiger partial charge in [0.25, 0.3) is 11.8 Å². The van der Waals surface area contributed by atoms with Gasteiger partial charge in [0.1, 0.15) is 5.69 Å². The Morgan fingerprint density at radius 2 is 1.96 bits per heavy atom. The summed E-state index contributed by atoms with van der Waals surface area (Å²) in [6, 6.07) is 4.66. The van der Waals surface area contributed by atoms with Crippen molar-refractivity contribution in [1.82, 2.24) is 9.88 Å². The quantitative estimate of drug-likeness (QED) is 0.876. The Morgan fingerprint density at radius 3 is 2.57 bits per heavy atom. The molecule has 8 heteroatoms. The molecule has 2 amide bonds. The summed E-state index contributed by atoms with van der Waals surface area (Å²) in [6.45, 7) is 3.83. The zero-order valence-corrected chi connectivity index (χ0v) is 15.1. The van der Waals surface area contributed by atoms with Crippen LogP contribution in [0.25, 0.3) is 0 Å². The monoisotopic (exact) mass is 371 g/mol. The highest BCUT2D eigenvalue weighted by atomic mass is 35.5. The number of carbonyl (C=O) groups excluding carboxylic acids is 2. The number of thiazole rings is 1. The van der Waals surface area contributed by atoms with Crippen LogP contribution >= 0.6 is 34.5 Å². The van der Waals surface area contributed by atoms with Crippen LogP contribution in [0.3, 0.4) is 0 Å². The van der Waals surface area contributed by atoms with E-state index >= 15 is 0 Å². The van der Waals surface area contributed by atoms with Gasteiger partial charge < -0.3 is 4.90 Å². The molecule has 23 heavy (non-hydrogen) atoms. The summed E-state index contributed by atoms with van der Waals surface area (Å²) in [5.74, 6) is -0.555. The predicted octanol–water partition coefficient (Wildman–Crippen LogP) is 4.18. The number of benzene rings is 1. The summed E-state index contributed by atoms with van der Waals surface area (Å²) in [5, 5.41) is 5.29. The maximum atomic E-state index is 12.2. The first-order chi connectivity index (χ1) is 10.8. The smallest absolute Gasteiger partial charge is 0.273 e. The van der Waals surface area contributed by atoms with Crippen molar-refractivity contribution in [3.63, 3.8) is 0 Å². The van der Waals surface area contributed by atoms with E-state index in [0.29, 0.717) is 26.4 Å². The van der Waals surface area contributed by atoms with Crippen molar-refractivity contribution < 1.29 is 9.59 Å². The van der Waals surface area contributed by atoms with Gasteiger partial charge in [-0.25, -0.2) is 4.98 Å². The second-order valence-electron chi connectivity index (χ2n) is 5.13. The van der Waals surface area contributed by atoms with E-state index in [2.05, 4.69) is 10.3 Å². The van der Waals surface area contributed by atoms with E-state index in [1.165, 1.54) is 17.4 Å². The minimum Gasteiger partial charge on any atom is -0.338 e. The van der Waals surface area contributed by atoms with Crippen LogP contribution in [0, 0.1) is 0 Å². The van der Waals surface area contributed by atoms with Crippen molar-refractivity contribution in [2.45, 2.75) is 19.9 Å². The number of hydrogen-bond donors (Lipinski definition) is 1. The number of halogens is 2.